The normalized spacial score (nSPS) is 17.0. The van der Waals surface area contributed by atoms with Crippen LogP contribution in [0.4, 0.5) is 8.78 Å². The van der Waals surface area contributed by atoms with E-state index in [1.165, 1.54) is 6.07 Å². The monoisotopic (exact) mass is 426 g/mol. The minimum absolute atomic E-state index is 0. The Hall–Kier alpha value is -1.63. The minimum Gasteiger partial charge on any atom is -0.345 e. The van der Waals surface area contributed by atoms with E-state index in [2.05, 4.69) is 10.6 Å². The van der Waals surface area contributed by atoms with Gasteiger partial charge in [0, 0.05) is 11.3 Å². The first-order chi connectivity index (χ1) is 13.1. The summed E-state index contributed by atoms with van der Waals surface area (Å²) in [5.41, 5.74) is 1.38. The Kier molecular flexibility index (Phi) is 8.73. The van der Waals surface area contributed by atoms with Crippen molar-refractivity contribution in [3.05, 3.63) is 65.2 Å². The molecule has 1 aliphatic rings. The molecule has 3 nitrogen and oxygen atoms in total. The summed E-state index contributed by atoms with van der Waals surface area (Å²) in [7, 11) is 0. The summed E-state index contributed by atoms with van der Waals surface area (Å²) in [5, 5.41) is 6.32. The summed E-state index contributed by atoms with van der Waals surface area (Å²) in [6.07, 6.45) is 4.32. The van der Waals surface area contributed by atoms with Gasteiger partial charge in [-0.05, 0) is 73.5 Å². The van der Waals surface area contributed by atoms with E-state index in [1.54, 1.807) is 11.8 Å². The molecule has 0 aromatic heterocycles. The summed E-state index contributed by atoms with van der Waals surface area (Å²) < 4.78 is 27.2. The van der Waals surface area contributed by atoms with Gasteiger partial charge in [-0.1, -0.05) is 18.2 Å². The number of hydrogen-bond acceptors (Lipinski definition) is 3. The molecule has 2 aromatic carbocycles. The zero-order chi connectivity index (χ0) is 19.2. The predicted octanol–water partition coefficient (Wildman–Crippen LogP) is 4.70. The first-order valence-corrected chi connectivity index (χ1v) is 10.4. The lowest BCUT2D eigenvalue weighted by Crippen LogP contribution is -2.29. The van der Waals surface area contributed by atoms with E-state index >= 15 is 0 Å². The van der Waals surface area contributed by atoms with Gasteiger partial charge < -0.3 is 10.6 Å². The third kappa shape index (κ3) is 5.93. The largest absolute Gasteiger partial charge is 0.345 e. The minimum atomic E-state index is -0.912. The molecule has 28 heavy (non-hydrogen) atoms. The number of halogens is 3. The molecule has 2 aromatic rings. The maximum absolute atomic E-state index is 13.8. The summed E-state index contributed by atoms with van der Waals surface area (Å²) in [6, 6.07) is 11.0. The van der Waals surface area contributed by atoms with Crippen molar-refractivity contribution in [3.8, 4) is 0 Å². The highest BCUT2D eigenvalue weighted by atomic mass is 35.5. The molecule has 0 bridgehead atoms. The van der Waals surface area contributed by atoms with Crippen LogP contribution in [0.3, 0.4) is 0 Å². The molecule has 1 heterocycles. The van der Waals surface area contributed by atoms with Gasteiger partial charge in [-0.2, -0.15) is 0 Å². The summed E-state index contributed by atoms with van der Waals surface area (Å²) in [4.78, 5) is 13.6. The second kappa shape index (κ2) is 10.8. The molecule has 0 aliphatic carbocycles. The van der Waals surface area contributed by atoms with Crippen LogP contribution in [-0.2, 0) is 4.79 Å². The van der Waals surface area contributed by atoms with E-state index in [0.29, 0.717) is 17.9 Å². The van der Waals surface area contributed by atoms with Crippen LogP contribution in [0.25, 0.3) is 0 Å². The Labute approximate surface area is 175 Å². The summed E-state index contributed by atoms with van der Waals surface area (Å²) in [6.45, 7) is 1.96. The SMILES string of the molecule is CSc1cccc(C(NC(=O)CCC2CCNC2)c2ccc(F)c(F)c2)c1.Cl. The van der Waals surface area contributed by atoms with E-state index < -0.39 is 17.7 Å². The van der Waals surface area contributed by atoms with Gasteiger partial charge in [-0.15, -0.1) is 24.2 Å². The topological polar surface area (TPSA) is 41.1 Å². The van der Waals surface area contributed by atoms with Crippen LogP contribution in [0.1, 0.15) is 36.4 Å². The average Bonchev–Trinajstić information content (AvgIpc) is 3.20. The summed E-state index contributed by atoms with van der Waals surface area (Å²) >= 11 is 1.59. The van der Waals surface area contributed by atoms with Crippen LogP contribution < -0.4 is 10.6 Å². The Morgan fingerprint density at radius 2 is 2.00 bits per heavy atom. The Balaban J connectivity index is 0.00000280. The van der Waals surface area contributed by atoms with Gasteiger partial charge in [0.1, 0.15) is 0 Å². The maximum Gasteiger partial charge on any atom is 0.220 e. The van der Waals surface area contributed by atoms with Crippen LogP contribution in [0.2, 0.25) is 0 Å². The molecule has 0 saturated carbocycles. The van der Waals surface area contributed by atoms with Crippen LogP contribution in [0.5, 0.6) is 0 Å². The van der Waals surface area contributed by atoms with Crippen molar-refractivity contribution in [3.63, 3.8) is 0 Å². The molecule has 1 fully saturated rings. The quantitative estimate of drug-likeness (QED) is 0.630. The van der Waals surface area contributed by atoms with Gasteiger partial charge in [0.05, 0.1) is 6.04 Å². The molecule has 7 heteroatoms. The molecule has 1 amide bonds. The highest BCUT2D eigenvalue weighted by Gasteiger charge is 2.21. The number of carbonyl (C=O) groups excluding carboxylic acids is 1. The molecule has 0 radical (unpaired) electrons. The molecule has 1 saturated heterocycles. The number of hydrogen-bond donors (Lipinski definition) is 2. The van der Waals surface area contributed by atoms with Crippen molar-refractivity contribution in [1.82, 2.24) is 10.6 Å². The molecule has 3 rings (SSSR count). The zero-order valence-electron chi connectivity index (χ0n) is 15.7. The first-order valence-electron chi connectivity index (χ1n) is 9.16. The molecule has 152 valence electrons. The molecular weight excluding hydrogens is 402 g/mol. The third-order valence-corrected chi connectivity index (χ3v) is 5.68. The second-order valence-electron chi connectivity index (χ2n) is 6.85. The first kappa shape index (κ1) is 22.7. The fourth-order valence-corrected chi connectivity index (χ4v) is 3.87. The number of benzene rings is 2. The van der Waals surface area contributed by atoms with Crippen LogP contribution in [-0.4, -0.2) is 25.3 Å². The van der Waals surface area contributed by atoms with Crippen molar-refractivity contribution in [2.75, 3.05) is 19.3 Å². The fourth-order valence-electron chi connectivity index (χ4n) is 3.40. The number of thioether (sulfide) groups is 1. The van der Waals surface area contributed by atoms with Crippen LogP contribution >= 0.6 is 24.2 Å². The Bertz CT molecular complexity index is 800. The van der Waals surface area contributed by atoms with Crippen molar-refractivity contribution in [2.45, 2.75) is 30.2 Å². The lowest BCUT2D eigenvalue weighted by atomic mass is 9.97. The highest BCUT2D eigenvalue weighted by molar-refractivity contribution is 7.98. The van der Waals surface area contributed by atoms with Gasteiger partial charge >= 0.3 is 0 Å². The second-order valence-corrected chi connectivity index (χ2v) is 7.73. The molecule has 1 aliphatic heterocycles. The van der Waals surface area contributed by atoms with Crippen LogP contribution in [0, 0.1) is 17.6 Å². The molecular formula is C21H25ClF2N2OS. The van der Waals surface area contributed by atoms with Gasteiger partial charge in [-0.25, -0.2) is 8.78 Å². The van der Waals surface area contributed by atoms with Crippen LogP contribution in [0.15, 0.2) is 47.4 Å². The zero-order valence-corrected chi connectivity index (χ0v) is 17.3. The van der Waals surface area contributed by atoms with E-state index in [0.717, 1.165) is 48.5 Å². The third-order valence-electron chi connectivity index (χ3n) is 4.95. The lowest BCUT2D eigenvalue weighted by Gasteiger charge is -2.21. The van der Waals surface area contributed by atoms with E-state index in [-0.39, 0.29) is 18.3 Å². The maximum atomic E-state index is 13.8. The Morgan fingerprint density at radius 3 is 2.68 bits per heavy atom. The molecule has 2 atom stereocenters. The number of amides is 1. The van der Waals surface area contributed by atoms with E-state index in [9.17, 15) is 13.6 Å². The van der Waals surface area contributed by atoms with Crippen molar-refractivity contribution in [1.29, 1.82) is 0 Å². The highest BCUT2D eigenvalue weighted by Crippen LogP contribution is 2.27. The fraction of sp³-hybridized carbons (Fsp3) is 0.381. The molecule has 0 spiro atoms. The van der Waals surface area contributed by atoms with Crippen molar-refractivity contribution < 1.29 is 13.6 Å². The van der Waals surface area contributed by atoms with Crippen molar-refractivity contribution in [2.24, 2.45) is 5.92 Å². The van der Waals surface area contributed by atoms with Gasteiger partial charge in [-0.3, -0.25) is 4.79 Å². The lowest BCUT2D eigenvalue weighted by molar-refractivity contribution is -0.121. The number of carbonyl (C=O) groups is 1. The average molecular weight is 427 g/mol. The standard InChI is InChI=1S/C21H24F2N2OS.ClH/c1-27-17-4-2-3-15(11-17)21(16-6-7-18(22)19(23)12-16)25-20(26)8-5-14-9-10-24-13-14;/h2-4,6-7,11-12,14,21,24H,5,8-10,13H2,1H3,(H,25,26);1H. The molecule has 2 unspecified atom stereocenters. The smallest absolute Gasteiger partial charge is 0.220 e. The number of nitrogens with one attached hydrogen (secondary N) is 2. The van der Waals surface area contributed by atoms with E-state index in [4.69, 9.17) is 0 Å². The van der Waals surface area contributed by atoms with Gasteiger partial charge in [0.25, 0.3) is 0 Å². The predicted molar refractivity (Wildman–Crippen MR) is 112 cm³/mol. The number of rotatable bonds is 7. The van der Waals surface area contributed by atoms with Crippen molar-refractivity contribution >= 4 is 30.1 Å². The summed E-state index contributed by atoms with van der Waals surface area (Å²) in [5.74, 6) is -1.36. The van der Waals surface area contributed by atoms with Gasteiger partial charge in [0.15, 0.2) is 11.6 Å². The molecule has 2 N–H and O–H groups in total. The van der Waals surface area contributed by atoms with E-state index in [1.807, 2.05) is 30.5 Å². The van der Waals surface area contributed by atoms with Gasteiger partial charge in [0.2, 0.25) is 5.91 Å². The Morgan fingerprint density at radius 1 is 1.21 bits per heavy atom.